The van der Waals surface area contributed by atoms with Crippen molar-refractivity contribution in [2.75, 3.05) is 13.2 Å². The summed E-state index contributed by atoms with van der Waals surface area (Å²) in [5.74, 6) is -0.874. The van der Waals surface area contributed by atoms with Gasteiger partial charge in [0.2, 0.25) is 0 Å². The number of carbonyl (C=O) groups excluding carboxylic acids is 3. The number of unbranched alkanes of at least 4 members (excludes halogenated alkanes) is 23. The lowest BCUT2D eigenvalue weighted by atomic mass is 10.1. The van der Waals surface area contributed by atoms with E-state index >= 15 is 0 Å². The first-order valence-corrected chi connectivity index (χ1v) is 19.0. The summed E-state index contributed by atoms with van der Waals surface area (Å²) in [5, 5.41) is 0. The highest BCUT2D eigenvalue weighted by Gasteiger charge is 2.19. The van der Waals surface area contributed by atoms with E-state index in [2.05, 4.69) is 20.8 Å². The van der Waals surface area contributed by atoms with Gasteiger partial charge >= 0.3 is 17.9 Å². The van der Waals surface area contributed by atoms with Crippen molar-refractivity contribution in [1.29, 1.82) is 0 Å². The highest BCUT2D eigenvalue weighted by molar-refractivity contribution is 5.71. The molecule has 0 saturated heterocycles. The lowest BCUT2D eigenvalue weighted by Crippen LogP contribution is -2.30. The van der Waals surface area contributed by atoms with Gasteiger partial charge in [-0.15, -0.1) is 0 Å². The van der Waals surface area contributed by atoms with Gasteiger partial charge in [-0.05, 0) is 19.3 Å². The normalized spacial score (nSPS) is 11.8. The molecule has 0 unspecified atom stereocenters. The molecule has 44 heavy (non-hydrogen) atoms. The van der Waals surface area contributed by atoms with Crippen molar-refractivity contribution in [1.82, 2.24) is 0 Å². The third-order valence-electron chi connectivity index (χ3n) is 8.36. The van der Waals surface area contributed by atoms with Gasteiger partial charge in [0.1, 0.15) is 13.2 Å². The SMILES string of the molecule is CCCCCCCCCCCCC(=O)OC[C@@H](COC(=O)CCCCCCCCC)OC(=O)CCCCCCCCCCC. The maximum Gasteiger partial charge on any atom is 0.306 e. The van der Waals surface area contributed by atoms with Crippen LogP contribution < -0.4 is 0 Å². The van der Waals surface area contributed by atoms with Gasteiger partial charge in [0.05, 0.1) is 0 Å². The molecule has 0 aromatic carbocycles. The van der Waals surface area contributed by atoms with Crippen LogP contribution in [0.3, 0.4) is 0 Å². The zero-order valence-corrected chi connectivity index (χ0v) is 29.4. The highest BCUT2D eigenvalue weighted by atomic mass is 16.6. The number of ether oxygens (including phenoxy) is 3. The average molecular weight is 625 g/mol. The third-order valence-corrected chi connectivity index (χ3v) is 8.36. The molecule has 0 spiro atoms. The van der Waals surface area contributed by atoms with Crippen molar-refractivity contribution in [2.45, 2.75) is 213 Å². The van der Waals surface area contributed by atoms with Crippen LogP contribution in [0.4, 0.5) is 0 Å². The molecule has 0 aliphatic rings. The molecular formula is C38H72O6. The topological polar surface area (TPSA) is 78.9 Å². The van der Waals surface area contributed by atoms with Crippen LogP contribution in [-0.4, -0.2) is 37.2 Å². The van der Waals surface area contributed by atoms with Gasteiger partial charge in [0.15, 0.2) is 6.10 Å². The molecule has 0 N–H and O–H groups in total. The lowest BCUT2D eigenvalue weighted by molar-refractivity contribution is -0.167. The second-order valence-corrected chi connectivity index (χ2v) is 12.9. The number of rotatable bonds is 34. The molecule has 0 rings (SSSR count). The van der Waals surface area contributed by atoms with Crippen LogP contribution in [0, 0.1) is 0 Å². The van der Waals surface area contributed by atoms with E-state index in [1.807, 2.05) is 0 Å². The van der Waals surface area contributed by atoms with Crippen molar-refractivity contribution in [3.8, 4) is 0 Å². The minimum atomic E-state index is -0.754. The van der Waals surface area contributed by atoms with Crippen molar-refractivity contribution >= 4 is 17.9 Å². The van der Waals surface area contributed by atoms with Gasteiger partial charge in [-0.25, -0.2) is 0 Å². The monoisotopic (exact) mass is 625 g/mol. The Morgan fingerprint density at radius 2 is 0.614 bits per heavy atom. The van der Waals surface area contributed by atoms with Crippen LogP contribution >= 0.6 is 0 Å². The molecule has 0 aromatic heterocycles. The molecule has 1 atom stereocenters. The quantitative estimate of drug-likeness (QED) is 0.0402. The molecule has 0 fully saturated rings. The summed E-state index contributed by atoms with van der Waals surface area (Å²) in [6.07, 6.45) is 30.9. The van der Waals surface area contributed by atoms with Crippen molar-refractivity contribution < 1.29 is 28.6 Å². The fraction of sp³-hybridized carbons (Fsp3) is 0.921. The van der Waals surface area contributed by atoms with E-state index in [9.17, 15) is 14.4 Å². The van der Waals surface area contributed by atoms with Crippen LogP contribution in [-0.2, 0) is 28.6 Å². The largest absolute Gasteiger partial charge is 0.462 e. The molecule has 0 saturated carbocycles. The fourth-order valence-electron chi connectivity index (χ4n) is 5.44. The first-order chi connectivity index (χ1) is 21.5. The molecular weight excluding hydrogens is 552 g/mol. The van der Waals surface area contributed by atoms with Gasteiger partial charge in [-0.1, -0.05) is 168 Å². The van der Waals surface area contributed by atoms with Crippen LogP contribution in [0.5, 0.6) is 0 Å². The van der Waals surface area contributed by atoms with Gasteiger partial charge in [-0.3, -0.25) is 14.4 Å². The van der Waals surface area contributed by atoms with Crippen LogP contribution in [0.1, 0.15) is 207 Å². The number of hydrogen-bond donors (Lipinski definition) is 0. The summed E-state index contributed by atoms with van der Waals surface area (Å²) in [6.45, 7) is 6.55. The Morgan fingerprint density at radius 1 is 0.364 bits per heavy atom. The van der Waals surface area contributed by atoms with Crippen LogP contribution in [0.25, 0.3) is 0 Å². The Kier molecular flexibility index (Phi) is 33.0. The summed E-state index contributed by atoms with van der Waals surface area (Å²) >= 11 is 0. The predicted octanol–water partition coefficient (Wildman–Crippen LogP) is 11.4. The molecule has 0 amide bonds. The molecule has 6 heteroatoms. The smallest absolute Gasteiger partial charge is 0.306 e. The van der Waals surface area contributed by atoms with Gasteiger partial charge in [-0.2, -0.15) is 0 Å². The standard InChI is InChI=1S/C38H72O6/c1-4-7-10-13-16-18-20-22-25-28-31-37(40)43-34-35(33-42-36(39)30-27-24-21-15-12-9-6-3)44-38(41)32-29-26-23-19-17-14-11-8-5-2/h35H,4-34H2,1-3H3/t35-/m1/s1. The molecule has 0 aliphatic heterocycles. The summed E-state index contributed by atoms with van der Waals surface area (Å²) in [4.78, 5) is 37.2. The number of esters is 3. The first kappa shape index (κ1) is 42.4. The Balaban J connectivity index is 4.33. The second-order valence-electron chi connectivity index (χ2n) is 12.9. The third kappa shape index (κ3) is 31.8. The van der Waals surface area contributed by atoms with Crippen molar-refractivity contribution in [2.24, 2.45) is 0 Å². The van der Waals surface area contributed by atoms with E-state index in [0.29, 0.717) is 19.3 Å². The summed E-state index contributed by atoms with van der Waals surface area (Å²) in [7, 11) is 0. The van der Waals surface area contributed by atoms with Crippen molar-refractivity contribution in [3.05, 3.63) is 0 Å². The molecule has 6 nitrogen and oxygen atoms in total. The Hall–Kier alpha value is -1.59. The molecule has 260 valence electrons. The maximum atomic E-state index is 12.5. The van der Waals surface area contributed by atoms with Gasteiger partial charge in [0.25, 0.3) is 0 Å². The van der Waals surface area contributed by atoms with E-state index in [4.69, 9.17) is 14.2 Å². The first-order valence-electron chi connectivity index (χ1n) is 19.0. The van der Waals surface area contributed by atoms with Crippen LogP contribution in [0.2, 0.25) is 0 Å². The Labute approximate surface area is 272 Å². The van der Waals surface area contributed by atoms with Gasteiger partial charge in [0, 0.05) is 19.3 Å². The second kappa shape index (κ2) is 34.3. The van der Waals surface area contributed by atoms with E-state index in [1.54, 1.807) is 0 Å². The van der Waals surface area contributed by atoms with Crippen LogP contribution in [0.15, 0.2) is 0 Å². The highest BCUT2D eigenvalue weighted by Crippen LogP contribution is 2.14. The average Bonchev–Trinajstić information content (AvgIpc) is 3.02. The minimum absolute atomic E-state index is 0.0647. The summed E-state index contributed by atoms with van der Waals surface area (Å²) in [6, 6.07) is 0. The van der Waals surface area contributed by atoms with Crippen molar-refractivity contribution in [3.63, 3.8) is 0 Å². The minimum Gasteiger partial charge on any atom is -0.462 e. The van der Waals surface area contributed by atoms with E-state index in [0.717, 1.165) is 57.8 Å². The predicted molar refractivity (Wildman–Crippen MR) is 183 cm³/mol. The molecule has 0 radical (unpaired) electrons. The number of carbonyl (C=O) groups is 3. The molecule has 0 aliphatic carbocycles. The van der Waals surface area contributed by atoms with E-state index in [1.165, 1.54) is 109 Å². The lowest BCUT2D eigenvalue weighted by Gasteiger charge is -2.18. The number of hydrogen-bond acceptors (Lipinski definition) is 6. The fourth-order valence-corrected chi connectivity index (χ4v) is 5.44. The Bertz CT molecular complexity index is 649. The van der Waals surface area contributed by atoms with E-state index in [-0.39, 0.29) is 31.1 Å². The maximum absolute atomic E-state index is 12.5. The molecule has 0 heterocycles. The molecule has 0 bridgehead atoms. The zero-order chi connectivity index (χ0) is 32.4. The van der Waals surface area contributed by atoms with Gasteiger partial charge < -0.3 is 14.2 Å². The molecule has 0 aromatic rings. The summed E-state index contributed by atoms with van der Waals surface area (Å²) in [5.41, 5.74) is 0. The van der Waals surface area contributed by atoms with E-state index < -0.39 is 6.10 Å². The zero-order valence-electron chi connectivity index (χ0n) is 29.4. The summed E-state index contributed by atoms with van der Waals surface area (Å²) < 4.78 is 16.5. The Morgan fingerprint density at radius 3 is 0.909 bits per heavy atom.